The first-order valence-corrected chi connectivity index (χ1v) is 7.69. The van der Waals surface area contributed by atoms with E-state index in [1.807, 2.05) is 0 Å². The van der Waals surface area contributed by atoms with Gasteiger partial charge in [0.05, 0.1) is 11.5 Å². The molecule has 116 valence electrons. The Balaban J connectivity index is 2.42. The molecule has 0 aliphatic carbocycles. The number of rotatable bonds is 2. The molecule has 0 spiro atoms. The first-order chi connectivity index (χ1) is 9.60. The molecule has 21 heavy (non-hydrogen) atoms. The van der Waals surface area contributed by atoms with Gasteiger partial charge in [0.1, 0.15) is 17.1 Å². The monoisotopic (exact) mass is 324 g/mol. The van der Waals surface area contributed by atoms with Crippen molar-refractivity contribution in [3.8, 4) is 0 Å². The predicted octanol–water partition coefficient (Wildman–Crippen LogP) is 1.03. The average Bonchev–Trinajstić information content (AvgIpc) is 2.37. The Hall–Kier alpha value is -1.84. The van der Waals surface area contributed by atoms with E-state index in [1.165, 1.54) is 4.90 Å². The molecule has 1 fully saturated rings. The average molecular weight is 324 g/mol. The summed E-state index contributed by atoms with van der Waals surface area (Å²) in [5.74, 6) is -2.26. The fourth-order valence-electron chi connectivity index (χ4n) is 1.94. The highest BCUT2D eigenvalue weighted by Gasteiger charge is 2.35. The molecular weight excluding hydrogens is 313 g/mol. The maximum Gasteiger partial charge on any atom is 0.433 e. The van der Waals surface area contributed by atoms with Crippen LogP contribution in [0.4, 0.5) is 19.0 Å². The second kappa shape index (κ2) is 5.17. The summed E-state index contributed by atoms with van der Waals surface area (Å²) in [6.07, 6.45) is -4.70. The normalized spacial score (nSPS) is 18.5. The van der Waals surface area contributed by atoms with Gasteiger partial charge >= 0.3 is 12.1 Å². The topological polar surface area (TPSA) is 87.6 Å². The first-order valence-electron chi connectivity index (χ1n) is 5.87. The maximum absolute atomic E-state index is 12.7. The molecule has 0 radical (unpaired) electrons. The van der Waals surface area contributed by atoms with Crippen LogP contribution in [0.5, 0.6) is 0 Å². The molecule has 1 aromatic rings. The van der Waals surface area contributed by atoms with Gasteiger partial charge in [0.15, 0.2) is 9.84 Å². The number of halogens is 3. The molecule has 1 aliphatic heterocycles. The Morgan fingerprint density at radius 2 is 1.81 bits per heavy atom. The van der Waals surface area contributed by atoms with Crippen LogP contribution in [0, 0.1) is 0 Å². The third-order valence-corrected chi connectivity index (χ3v) is 4.65. The minimum absolute atomic E-state index is 0.0864. The molecule has 6 nitrogen and oxygen atoms in total. The van der Waals surface area contributed by atoms with Gasteiger partial charge in [-0.25, -0.2) is 18.2 Å². The molecule has 1 N–H and O–H groups in total. The lowest BCUT2D eigenvalue weighted by molar-refractivity contribution is -0.141. The fourth-order valence-corrected chi connectivity index (χ4v) is 3.14. The van der Waals surface area contributed by atoms with Crippen LogP contribution in [0.3, 0.4) is 0 Å². The lowest BCUT2D eigenvalue weighted by Crippen LogP contribution is -2.41. The zero-order valence-corrected chi connectivity index (χ0v) is 11.4. The molecule has 2 rings (SSSR count). The van der Waals surface area contributed by atoms with Crippen molar-refractivity contribution in [3.63, 3.8) is 0 Å². The third-order valence-electron chi connectivity index (χ3n) is 3.04. The Morgan fingerprint density at radius 3 is 2.29 bits per heavy atom. The molecular formula is C11H11F3N2O4S. The number of alkyl halides is 3. The molecule has 1 saturated heterocycles. The number of hydrogen-bond donors (Lipinski definition) is 1. The van der Waals surface area contributed by atoms with E-state index in [1.54, 1.807) is 0 Å². The van der Waals surface area contributed by atoms with Crippen molar-refractivity contribution in [2.75, 3.05) is 29.5 Å². The van der Waals surface area contributed by atoms with E-state index in [0.29, 0.717) is 6.07 Å². The molecule has 10 heteroatoms. The van der Waals surface area contributed by atoms with Crippen molar-refractivity contribution in [2.45, 2.75) is 6.18 Å². The van der Waals surface area contributed by atoms with Gasteiger partial charge < -0.3 is 10.0 Å². The van der Waals surface area contributed by atoms with Crippen LogP contribution in [0.15, 0.2) is 12.1 Å². The fraction of sp³-hybridized carbons (Fsp3) is 0.455. The van der Waals surface area contributed by atoms with E-state index in [2.05, 4.69) is 4.98 Å². The highest BCUT2D eigenvalue weighted by molar-refractivity contribution is 7.91. The Morgan fingerprint density at radius 1 is 1.24 bits per heavy atom. The molecule has 0 bridgehead atoms. The van der Waals surface area contributed by atoms with Crippen LogP contribution in [-0.2, 0) is 16.0 Å². The minimum atomic E-state index is -4.70. The van der Waals surface area contributed by atoms with Crippen molar-refractivity contribution in [1.82, 2.24) is 4.98 Å². The molecule has 1 aliphatic rings. The zero-order chi connectivity index (χ0) is 15.8. The molecule has 0 aromatic carbocycles. The first kappa shape index (κ1) is 15.5. The quantitative estimate of drug-likeness (QED) is 0.874. The Bertz CT molecular complexity index is 659. The van der Waals surface area contributed by atoms with Crippen LogP contribution < -0.4 is 4.90 Å². The lowest BCUT2D eigenvalue weighted by atomic mass is 10.2. The number of carboxylic acids is 1. The molecule has 0 atom stereocenters. The molecule has 0 amide bonds. The van der Waals surface area contributed by atoms with E-state index < -0.39 is 27.7 Å². The smallest absolute Gasteiger partial charge is 0.433 e. The van der Waals surface area contributed by atoms with Crippen LogP contribution >= 0.6 is 0 Å². The summed E-state index contributed by atoms with van der Waals surface area (Å²) in [6, 6.07) is 1.42. The van der Waals surface area contributed by atoms with Gasteiger partial charge in [0.25, 0.3) is 0 Å². The Kier molecular flexibility index (Phi) is 3.83. The van der Waals surface area contributed by atoms with Gasteiger partial charge in [-0.05, 0) is 12.1 Å². The predicted molar refractivity (Wildman–Crippen MR) is 67.1 cm³/mol. The van der Waals surface area contributed by atoms with Gasteiger partial charge in [0.2, 0.25) is 0 Å². The minimum Gasteiger partial charge on any atom is -0.478 e. The summed E-state index contributed by atoms with van der Waals surface area (Å²) in [7, 11) is -3.23. The molecule has 0 saturated carbocycles. The van der Waals surface area contributed by atoms with Crippen molar-refractivity contribution in [2.24, 2.45) is 0 Å². The molecule has 1 aromatic heterocycles. The largest absolute Gasteiger partial charge is 0.478 e. The van der Waals surface area contributed by atoms with Gasteiger partial charge in [-0.3, -0.25) is 0 Å². The number of hydrogen-bond acceptors (Lipinski definition) is 5. The number of anilines is 1. The molecule has 0 unspecified atom stereocenters. The number of aromatic nitrogens is 1. The van der Waals surface area contributed by atoms with Crippen LogP contribution in [-0.4, -0.2) is 49.1 Å². The van der Waals surface area contributed by atoms with Gasteiger partial charge in [-0.2, -0.15) is 13.2 Å². The summed E-state index contributed by atoms with van der Waals surface area (Å²) < 4.78 is 60.7. The SMILES string of the molecule is O=C(O)c1ccc(C(F)(F)F)nc1N1CCS(=O)(=O)CC1. The van der Waals surface area contributed by atoms with Crippen LogP contribution in [0.1, 0.15) is 16.1 Å². The third kappa shape index (κ3) is 3.43. The van der Waals surface area contributed by atoms with Crippen molar-refractivity contribution < 1.29 is 31.5 Å². The van der Waals surface area contributed by atoms with E-state index in [-0.39, 0.29) is 36.0 Å². The lowest BCUT2D eigenvalue weighted by Gasteiger charge is -2.29. The number of pyridine rings is 1. The number of nitrogens with zero attached hydrogens (tertiary/aromatic N) is 2. The van der Waals surface area contributed by atoms with Crippen molar-refractivity contribution in [1.29, 1.82) is 0 Å². The number of sulfone groups is 1. The summed E-state index contributed by atoms with van der Waals surface area (Å²) in [5, 5.41) is 9.03. The standard InChI is InChI=1S/C11H11F3N2O4S/c12-11(13,14)8-2-1-7(10(17)18)9(15-8)16-3-5-21(19,20)6-4-16/h1-2H,3-6H2,(H,17,18). The van der Waals surface area contributed by atoms with Gasteiger partial charge in [-0.1, -0.05) is 0 Å². The maximum atomic E-state index is 12.7. The Labute approximate surface area is 118 Å². The summed E-state index contributed by atoms with van der Waals surface area (Å²) >= 11 is 0. The van der Waals surface area contributed by atoms with E-state index in [0.717, 1.165) is 6.07 Å². The van der Waals surface area contributed by atoms with Crippen molar-refractivity contribution >= 4 is 21.6 Å². The van der Waals surface area contributed by atoms with Gasteiger partial charge in [0, 0.05) is 13.1 Å². The highest BCUT2D eigenvalue weighted by Crippen LogP contribution is 2.31. The number of carboxylic acid groups (broad SMARTS) is 1. The van der Waals surface area contributed by atoms with E-state index in [9.17, 15) is 26.4 Å². The summed E-state index contributed by atoms with van der Waals surface area (Å²) in [4.78, 5) is 15.7. The number of aromatic carboxylic acids is 1. The zero-order valence-electron chi connectivity index (χ0n) is 10.6. The second-order valence-electron chi connectivity index (χ2n) is 4.51. The number of carbonyl (C=O) groups is 1. The van der Waals surface area contributed by atoms with Gasteiger partial charge in [-0.15, -0.1) is 0 Å². The summed E-state index contributed by atoms with van der Waals surface area (Å²) in [6.45, 7) is -0.173. The van der Waals surface area contributed by atoms with Crippen LogP contribution in [0.25, 0.3) is 0 Å². The summed E-state index contributed by atoms with van der Waals surface area (Å²) in [5.41, 5.74) is -1.60. The van der Waals surface area contributed by atoms with E-state index in [4.69, 9.17) is 5.11 Å². The van der Waals surface area contributed by atoms with Crippen LogP contribution in [0.2, 0.25) is 0 Å². The molecule has 2 heterocycles. The van der Waals surface area contributed by atoms with Crippen molar-refractivity contribution in [3.05, 3.63) is 23.4 Å². The highest BCUT2D eigenvalue weighted by atomic mass is 32.2. The van der Waals surface area contributed by atoms with E-state index >= 15 is 0 Å². The second-order valence-corrected chi connectivity index (χ2v) is 6.81.